The molecule has 0 bridgehead atoms. The molecule has 3 aliphatic carbocycles. The maximum absolute atomic E-state index is 4.48. The summed E-state index contributed by atoms with van der Waals surface area (Å²) < 4.78 is 0. The zero-order valence-corrected chi connectivity index (χ0v) is 16.8. The minimum absolute atomic E-state index is 0.107. The van der Waals surface area contributed by atoms with E-state index in [-0.39, 0.29) is 16.1 Å². The van der Waals surface area contributed by atoms with Gasteiger partial charge in [0.1, 0.15) is 0 Å². The van der Waals surface area contributed by atoms with Gasteiger partial charge in [0, 0.05) is 25.9 Å². The first-order valence-electron chi connectivity index (χ1n) is 9.82. The van der Waals surface area contributed by atoms with Crippen LogP contribution >= 0.6 is 0 Å². The molecule has 0 aromatic carbocycles. The summed E-state index contributed by atoms with van der Waals surface area (Å²) in [6, 6.07) is 0. The highest BCUT2D eigenvalue weighted by molar-refractivity contribution is 7.42. The van der Waals surface area contributed by atoms with E-state index >= 15 is 0 Å². The topological polar surface area (TPSA) is 0 Å². The zero-order chi connectivity index (χ0) is 14.5. The smallest absolute Gasteiger partial charge is 0.0408 e. The third-order valence-electron chi connectivity index (χ3n) is 6.41. The molecule has 3 rings (SSSR count). The Morgan fingerprint density at radius 2 is 0.810 bits per heavy atom. The van der Waals surface area contributed by atoms with E-state index in [1.165, 1.54) is 43.2 Å². The lowest BCUT2D eigenvalue weighted by Crippen LogP contribution is -2.48. The molecule has 0 saturated heterocycles. The Kier molecular flexibility index (Phi) is 6.67. The van der Waals surface area contributed by atoms with Gasteiger partial charge in [-0.05, 0) is 11.1 Å². The summed E-state index contributed by atoms with van der Waals surface area (Å²) in [6.45, 7) is 0. The molecule has 3 aliphatic rings. The summed E-state index contributed by atoms with van der Waals surface area (Å²) in [6.07, 6.45) is 23.4. The van der Waals surface area contributed by atoms with Gasteiger partial charge in [0.05, 0.1) is 0 Å². The standard InChI is InChI=1S/C18H33Si3/c19-21(18-14-8-3-9-15-18)20(16-10-4-1-5-11-16)17-12-6-2-7-13-17/h16-18H,1-15H2. The molecule has 0 aromatic rings. The van der Waals surface area contributed by atoms with Gasteiger partial charge in [-0.25, -0.2) is 0 Å². The van der Waals surface area contributed by atoms with Crippen LogP contribution in [0, 0.1) is 0 Å². The fraction of sp³-hybridized carbons (Fsp3) is 1.00. The van der Waals surface area contributed by atoms with Gasteiger partial charge in [0.2, 0.25) is 0 Å². The van der Waals surface area contributed by atoms with Crippen LogP contribution in [0.4, 0.5) is 0 Å². The van der Waals surface area contributed by atoms with E-state index in [1.54, 1.807) is 64.2 Å². The van der Waals surface area contributed by atoms with Crippen molar-refractivity contribution in [2.45, 2.75) is 113 Å². The van der Waals surface area contributed by atoms with Crippen molar-refractivity contribution in [1.29, 1.82) is 0 Å². The van der Waals surface area contributed by atoms with Crippen molar-refractivity contribution >= 4 is 25.9 Å². The molecule has 3 heteroatoms. The minimum Gasteiger partial charge on any atom is -0.0535 e. The fourth-order valence-corrected chi connectivity index (χ4v) is 21.5. The Morgan fingerprint density at radius 3 is 1.19 bits per heavy atom. The first-order chi connectivity index (χ1) is 10.4. The molecule has 0 unspecified atom stereocenters. The van der Waals surface area contributed by atoms with Crippen LogP contribution in [0.25, 0.3) is 0 Å². The molecule has 0 aliphatic heterocycles. The first-order valence-corrected chi connectivity index (χ1v) is 15.5. The highest BCUT2D eigenvalue weighted by Gasteiger charge is 2.40. The predicted octanol–water partition coefficient (Wildman–Crippen LogP) is 5.72. The average Bonchev–Trinajstić information content (AvgIpc) is 2.58. The van der Waals surface area contributed by atoms with Gasteiger partial charge in [-0.3, -0.25) is 0 Å². The molecule has 3 fully saturated rings. The van der Waals surface area contributed by atoms with Crippen LogP contribution in [0.1, 0.15) is 96.3 Å². The molecule has 0 N–H and O–H groups in total. The average molecular weight is 334 g/mol. The van der Waals surface area contributed by atoms with Crippen LogP contribution in [0.2, 0.25) is 16.6 Å². The molecule has 21 heavy (non-hydrogen) atoms. The molecular formula is C18H33Si3. The lowest BCUT2D eigenvalue weighted by molar-refractivity contribution is 0.464. The van der Waals surface area contributed by atoms with Crippen molar-refractivity contribution in [3.05, 3.63) is 0 Å². The van der Waals surface area contributed by atoms with Gasteiger partial charge in [0.25, 0.3) is 0 Å². The quantitative estimate of drug-likeness (QED) is 0.577. The largest absolute Gasteiger partial charge is 0.0535 e. The van der Waals surface area contributed by atoms with Crippen molar-refractivity contribution < 1.29 is 0 Å². The molecule has 0 heterocycles. The summed E-state index contributed by atoms with van der Waals surface area (Å²) in [7, 11) is 4.16. The molecule has 0 atom stereocenters. The lowest BCUT2D eigenvalue weighted by Gasteiger charge is -2.43. The van der Waals surface area contributed by atoms with E-state index in [2.05, 4.69) is 9.76 Å². The molecule has 0 aromatic heterocycles. The Bertz CT molecular complexity index is 271. The second-order valence-corrected chi connectivity index (χ2v) is 18.5. The van der Waals surface area contributed by atoms with Gasteiger partial charge in [0.15, 0.2) is 0 Å². The van der Waals surface area contributed by atoms with Gasteiger partial charge in [-0.2, -0.15) is 0 Å². The van der Waals surface area contributed by atoms with Crippen molar-refractivity contribution in [3.63, 3.8) is 0 Å². The third-order valence-corrected chi connectivity index (χ3v) is 20.7. The molecular weight excluding hydrogens is 300 g/mol. The lowest BCUT2D eigenvalue weighted by atomic mass is 9.99. The van der Waals surface area contributed by atoms with Gasteiger partial charge >= 0.3 is 0 Å². The summed E-state index contributed by atoms with van der Waals surface area (Å²) in [4.78, 5) is 0. The normalized spacial score (nSPS) is 27.6. The van der Waals surface area contributed by atoms with Crippen molar-refractivity contribution in [2.24, 2.45) is 0 Å². The van der Waals surface area contributed by atoms with Crippen LogP contribution in [0.15, 0.2) is 0 Å². The fourth-order valence-electron chi connectivity index (χ4n) is 5.23. The van der Waals surface area contributed by atoms with Crippen molar-refractivity contribution in [2.75, 3.05) is 0 Å². The third kappa shape index (κ3) is 4.35. The van der Waals surface area contributed by atoms with Gasteiger partial charge < -0.3 is 0 Å². The van der Waals surface area contributed by atoms with Crippen LogP contribution < -0.4 is 0 Å². The molecule has 0 nitrogen and oxygen atoms in total. The maximum Gasteiger partial charge on any atom is 0.0408 e. The molecule has 0 spiro atoms. The van der Waals surface area contributed by atoms with E-state index in [4.69, 9.17) is 0 Å². The van der Waals surface area contributed by atoms with E-state index < -0.39 is 0 Å². The van der Waals surface area contributed by atoms with Crippen LogP contribution in [0.3, 0.4) is 0 Å². The monoisotopic (exact) mass is 333 g/mol. The predicted molar refractivity (Wildman–Crippen MR) is 97.8 cm³/mol. The number of hydrogen-bond acceptors (Lipinski definition) is 0. The van der Waals surface area contributed by atoms with E-state index in [1.807, 2.05) is 0 Å². The van der Waals surface area contributed by atoms with Crippen LogP contribution in [0.5, 0.6) is 0 Å². The highest BCUT2D eigenvalue weighted by Crippen LogP contribution is 2.45. The number of rotatable bonds is 4. The Morgan fingerprint density at radius 1 is 0.476 bits per heavy atom. The Balaban J connectivity index is 1.69. The van der Waals surface area contributed by atoms with E-state index in [0.717, 1.165) is 5.54 Å². The summed E-state index contributed by atoms with van der Waals surface area (Å²) >= 11 is 0. The second kappa shape index (κ2) is 8.49. The number of hydrogen-bond donors (Lipinski definition) is 0. The molecule has 3 saturated carbocycles. The van der Waals surface area contributed by atoms with Crippen molar-refractivity contribution in [3.8, 4) is 0 Å². The van der Waals surface area contributed by atoms with E-state index in [9.17, 15) is 0 Å². The molecule has 0 amide bonds. The first kappa shape index (κ1) is 16.5. The second-order valence-electron chi connectivity index (χ2n) is 7.87. The maximum atomic E-state index is 4.48. The van der Waals surface area contributed by atoms with Crippen LogP contribution in [-0.2, 0) is 0 Å². The Labute approximate surface area is 139 Å². The van der Waals surface area contributed by atoms with Crippen molar-refractivity contribution in [1.82, 2.24) is 0 Å². The molecule has 117 valence electrons. The SMILES string of the molecule is [Si][Si](C1CCCCC1)[Si](C1CCCCC1)C1CCCCC1. The van der Waals surface area contributed by atoms with Gasteiger partial charge in [-0.15, -0.1) is 0 Å². The summed E-state index contributed by atoms with van der Waals surface area (Å²) in [5.41, 5.74) is 3.53. The summed E-state index contributed by atoms with van der Waals surface area (Å²) in [5, 5.41) is 0. The van der Waals surface area contributed by atoms with E-state index in [0.29, 0.717) is 0 Å². The minimum atomic E-state index is -0.219. The zero-order valence-electron chi connectivity index (χ0n) is 13.8. The van der Waals surface area contributed by atoms with Crippen LogP contribution in [-0.4, -0.2) is 25.9 Å². The highest BCUT2D eigenvalue weighted by atomic mass is 29.6. The summed E-state index contributed by atoms with van der Waals surface area (Å²) in [5.74, 6) is 0. The van der Waals surface area contributed by atoms with Gasteiger partial charge in [-0.1, -0.05) is 102 Å². The molecule has 5 radical (unpaired) electrons. The Hall–Kier alpha value is 0.651.